The second-order valence-corrected chi connectivity index (χ2v) is 4.46. The van der Waals surface area contributed by atoms with Crippen LogP contribution in [0, 0.1) is 0 Å². The molecule has 0 aliphatic carbocycles. The topological polar surface area (TPSA) is 113 Å². The molecule has 2 rings (SSSR count). The number of nitrogens with zero attached hydrogens (tertiary/aromatic N) is 1. The van der Waals surface area contributed by atoms with Crippen LogP contribution in [0.4, 0.5) is 10.5 Å². The van der Waals surface area contributed by atoms with E-state index in [2.05, 4.69) is 5.32 Å². The number of benzene rings is 1. The Morgan fingerprint density at radius 1 is 1.38 bits per heavy atom. The molecule has 8 heteroatoms. The molecule has 7 nitrogen and oxygen atoms in total. The quantitative estimate of drug-likeness (QED) is 0.701. The first-order chi connectivity index (χ1) is 9.54. The van der Waals surface area contributed by atoms with Crippen LogP contribution in [0.3, 0.4) is 0 Å². The van der Waals surface area contributed by atoms with Crippen molar-refractivity contribution in [1.29, 1.82) is 0 Å². The van der Waals surface area contributed by atoms with E-state index in [-0.39, 0.29) is 29.6 Å². The van der Waals surface area contributed by atoms with Gasteiger partial charge in [-0.15, -0.1) is 12.4 Å². The minimum Gasteiger partial charge on any atom is -0.478 e. The van der Waals surface area contributed by atoms with Crippen molar-refractivity contribution in [1.82, 2.24) is 5.32 Å². The van der Waals surface area contributed by atoms with Crippen LogP contribution < -0.4 is 16.0 Å². The number of nitrogens with one attached hydrogen (secondary N) is 1. The Labute approximate surface area is 127 Å². The number of hydrogen-bond acceptors (Lipinski definition) is 4. The van der Waals surface area contributed by atoms with E-state index in [1.165, 1.54) is 24.3 Å². The summed E-state index contributed by atoms with van der Waals surface area (Å²) in [6, 6.07) is 4.57. The minimum atomic E-state index is -1.11. The monoisotopic (exact) mass is 313 g/mol. The van der Waals surface area contributed by atoms with Gasteiger partial charge in [0.25, 0.3) is 5.91 Å². The number of urea groups is 1. The summed E-state index contributed by atoms with van der Waals surface area (Å²) >= 11 is 0. The van der Waals surface area contributed by atoms with Crippen molar-refractivity contribution in [3.63, 3.8) is 0 Å². The maximum absolute atomic E-state index is 12.2. The number of anilines is 1. The molecule has 1 atom stereocenters. The third kappa shape index (κ3) is 3.50. The fraction of sp³-hybridized carbons (Fsp3) is 0.308. The van der Waals surface area contributed by atoms with Crippen molar-refractivity contribution in [2.24, 2.45) is 5.73 Å². The van der Waals surface area contributed by atoms with Gasteiger partial charge >= 0.3 is 12.0 Å². The molecule has 114 valence electrons. The number of aromatic carboxylic acids is 1. The van der Waals surface area contributed by atoms with Crippen LogP contribution in [-0.4, -0.2) is 35.6 Å². The highest BCUT2D eigenvalue weighted by Crippen LogP contribution is 2.22. The zero-order valence-electron chi connectivity index (χ0n) is 11.1. The van der Waals surface area contributed by atoms with E-state index in [0.29, 0.717) is 19.4 Å². The van der Waals surface area contributed by atoms with E-state index in [1.807, 2.05) is 0 Å². The first-order valence-electron chi connectivity index (χ1n) is 6.22. The summed E-state index contributed by atoms with van der Waals surface area (Å²) in [5.74, 6) is -1.50. The Morgan fingerprint density at radius 3 is 2.71 bits per heavy atom. The minimum absolute atomic E-state index is 0. The van der Waals surface area contributed by atoms with Crippen LogP contribution >= 0.6 is 12.4 Å². The van der Waals surface area contributed by atoms with Gasteiger partial charge in [0, 0.05) is 0 Å². The van der Waals surface area contributed by atoms with Gasteiger partial charge in [0.2, 0.25) is 0 Å². The molecule has 21 heavy (non-hydrogen) atoms. The third-order valence-electron chi connectivity index (χ3n) is 3.07. The average Bonchev–Trinajstić information content (AvgIpc) is 2.71. The number of nitrogens with two attached hydrogens (primary N) is 1. The predicted octanol–water partition coefficient (Wildman–Crippen LogP) is 0.970. The molecule has 1 unspecified atom stereocenters. The molecule has 1 aliphatic rings. The van der Waals surface area contributed by atoms with Gasteiger partial charge in [-0.3, -0.25) is 4.79 Å². The van der Waals surface area contributed by atoms with E-state index in [1.54, 1.807) is 0 Å². The summed E-state index contributed by atoms with van der Waals surface area (Å²) in [6.07, 6.45) is 1.09. The van der Waals surface area contributed by atoms with Crippen molar-refractivity contribution in [3.05, 3.63) is 29.8 Å². The van der Waals surface area contributed by atoms with E-state index in [0.717, 1.165) is 4.90 Å². The molecule has 1 saturated heterocycles. The summed E-state index contributed by atoms with van der Waals surface area (Å²) in [6.45, 7) is 0.439. The van der Waals surface area contributed by atoms with Crippen molar-refractivity contribution < 1.29 is 19.5 Å². The Morgan fingerprint density at radius 2 is 2.10 bits per heavy atom. The second-order valence-electron chi connectivity index (χ2n) is 4.46. The van der Waals surface area contributed by atoms with Crippen molar-refractivity contribution >= 4 is 36.0 Å². The third-order valence-corrected chi connectivity index (χ3v) is 3.07. The molecule has 1 fully saturated rings. The lowest BCUT2D eigenvalue weighted by molar-refractivity contribution is -0.118. The molecule has 1 aromatic carbocycles. The fourth-order valence-corrected chi connectivity index (χ4v) is 2.07. The van der Waals surface area contributed by atoms with E-state index >= 15 is 0 Å². The molecule has 0 spiro atoms. The van der Waals surface area contributed by atoms with Gasteiger partial charge in [-0.05, 0) is 37.6 Å². The summed E-state index contributed by atoms with van der Waals surface area (Å²) in [7, 11) is 0. The van der Waals surface area contributed by atoms with Gasteiger partial charge in [-0.2, -0.15) is 0 Å². The van der Waals surface area contributed by atoms with Crippen LogP contribution in [0.5, 0.6) is 0 Å². The van der Waals surface area contributed by atoms with Crippen LogP contribution in [-0.2, 0) is 4.79 Å². The summed E-state index contributed by atoms with van der Waals surface area (Å²) in [5.41, 5.74) is 5.66. The van der Waals surface area contributed by atoms with Crippen LogP contribution in [0.15, 0.2) is 24.3 Å². The maximum Gasteiger partial charge on any atom is 0.335 e. The average molecular weight is 314 g/mol. The first kappa shape index (κ1) is 16.9. The molecule has 1 heterocycles. The highest BCUT2D eigenvalue weighted by molar-refractivity contribution is 6.21. The molecule has 3 amide bonds. The highest BCUT2D eigenvalue weighted by atomic mass is 35.5. The lowest BCUT2D eigenvalue weighted by Gasteiger charge is -2.13. The van der Waals surface area contributed by atoms with Crippen molar-refractivity contribution in [2.75, 3.05) is 11.4 Å². The maximum atomic E-state index is 12.2. The summed E-state index contributed by atoms with van der Waals surface area (Å²) < 4.78 is 0. The van der Waals surface area contributed by atoms with Gasteiger partial charge in [0.15, 0.2) is 0 Å². The van der Waals surface area contributed by atoms with Crippen LogP contribution in [0.2, 0.25) is 0 Å². The predicted molar refractivity (Wildman–Crippen MR) is 78.7 cm³/mol. The number of carboxylic acids is 1. The van der Waals surface area contributed by atoms with Gasteiger partial charge in [0.05, 0.1) is 11.3 Å². The molecule has 0 radical (unpaired) electrons. The van der Waals surface area contributed by atoms with Gasteiger partial charge in [-0.25, -0.2) is 14.5 Å². The number of rotatable bonds is 5. The SMILES string of the molecule is Cl.NCCCC1NC(=O)N(c2cccc(C(=O)O)c2)C1=O. The van der Waals surface area contributed by atoms with Crippen LogP contribution in [0.25, 0.3) is 0 Å². The largest absolute Gasteiger partial charge is 0.478 e. The lowest BCUT2D eigenvalue weighted by atomic mass is 10.1. The molecular weight excluding hydrogens is 298 g/mol. The fourth-order valence-electron chi connectivity index (χ4n) is 2.07. The lowest BCUT2D eigenvalue weighted by Crippen LogP contribution is -2.31. The molecule has 4 N–H and O–H groups in total. The smallest absolute Gasteiger partial charge is 0.335 e. The number of hydrogen-bond donors (Lipinski definition) is 3. The molecule has 0 bridgehead atoms. The van der Waals surface area contributed by atoms with E-state index < -0.39 is 18.0 Å². The first-order valence-corrected chi connectivity index (χ1v) is 6.22. The highest BCUT2D eigenvalue weighted by Gasteiger charge is 2.38. The van der Waals surface area contributed by atoms with Gasteiger partial charge in [0.1, 0.15) is 6.04 Å². The van der Waals surface area contributed by atoms with Crippen LogP contribution in [0.1, 0.15) is 23.2 Å². The Kier molecular flexibility index (Phi) is 5.69. The number of halogens is 1. The van der Waals surface area contributed by atoms with Crippen molar-refractivity contribution in [2.45, 2.75) is 18.9 Å². The number of amides is 3. The Balaban J connectivity index is 0.00000220. The van der Waals surface area contributed by atoms with Gasteiger partial charge < -0.3 is 16.2 Å². The standard InChI is InChI=1S/C13H15N3O4.ClH/c14-6-2-5-10-11(17)16(13(20)15-10)9-4-1-3-8(7-9)12(18)19;/h1,3-4,7,10H,2,5-6,14H2,(H,15,20)(H,18,19);1H. The summed E-state index contributed by atoms with van der Waals surface area (Å²) in [4.78, 5) is 35.9. The van der Waals surface area contributed by atoms with Crippen molar-refractivity contribution in [3.8, 4) is 0 Å². The number of imide groups is 1. The molecule has 1 aromatic rings. The normalized spacial score (nSPS) is 17.4. The zero-order valence-corrected chi connectivity index (χ0v) is 11.9. The molecular formula is C13H16ClN3O4. The van der Waals surface area contributed by atoms with E-state index in [4.69, 9.17) is 10.8 Å². The van der Waals surface area contributed by atoms with E-state index in [9.17, 15) is 14.4 Å². The zero-order chi connectivity index (χ0) is 14.7. The molecule has 0 saturated carbocycles. The van der Waals surface area contributed by atoms with Gasteiger partial charge in [-0.1, -0.05) is 6.07 Å². The molecule has 1 aliphatic heterocycles. The second kappa shape index (κ2) is 7.05. The molecule has 0 aromatic heterocycles. The summed E-state index contributed by atoms with van der Waals surface area (Å²) in [5, 5.41) is 11.5. The number of carbonyl (C=O) groups is 3. The Bertz CT molecular complexity index is 564. The Hall–Kier alpha value is -2.12. The number of carboxylic acid groups (broad SMARTS) is 1. The number of carbonyl (C=O) groups excluding carboxylic acids is 2.